The minimum atomic E-state index is -0.173. The number of nitrogens with zero attached hydrogens (tertiary/aromatic N) is 1. The molecule has 14 heavy (non-hydrogen) atoms. The molecule has 4 nitrogen and oxygen atoms in total. The molecular weight excluding hydrogens is 178 g/mol. The molecule has 0 radical (unpaired) electrons. The van der Waals surface area contributed by atoms with Gasteiger partial charge in [0.1, 0.15) is 0 Å². The molecule has 1 rings (SSSR count). The molecule has 0 aliphatic carbocycles. The summed E-state index contributed by atoms with van der Waals surface area (Å²) < 4.78 is 0. The number of aromatic amines is 1. The van der Waals surface area contributed by atoms with E-state index in [1.54, 1.807) is 6.20 Å². The molecule has 78 valence electrons. The van der Waals surface area contributed by atoms with Crippen LogP contribution in [0.3, 0.4) is 0 Å². The fourth-order valence-electron chi connectivity index (χ4n) is 1.41. The van der Waals surface area contributed by atoms with Gasteiger partial charge in [-0.15, -0.1) is 0 Å². The van der Waals surface area contributed by atoms with Crippen molar-refractivity contribution >= 4 is 5.69 Å². The molecule has 1 aromatic rings. The Labute approximate surface area is 83.7 Å². The largest absolute Gasteiger partial charge is 0.381 e. The van der Waals surface area contributed by atoms with Gasteiger partial charge >= 0.3 is 0 Å². The number of aromatic nitrogens is 2. The van der Waals surface area contributed by atoms with E-state index in [1.165, 1.54) is 6.07 Å². The second-order valence-corrected chi connectivity index (χ2v) is 3.74. The predicted molar refractivity (Wildman–Crippen MR) is 57.4 cm³/mol. The Morgan fingerprint density at radius 2 is 2.29 bits per heavy atom. The van der Waals surface area contributed by atoms with Crippen molar-refractivity contribution in [2.75, 3.05) is 5.32 Å². The van der Waals surface area contributed by atoms with Crippen LogP contribution in [0.4, 0.5) is 5.69 Å². The highest BCUT2D eigenvalue weighted by Gasteiger charge is 2.10. The second kappa shape index (κ2) is 4.79. The number of hydrogen-bond donors (Lipinski definition) is 2. The summed E-state index contributed by atoms with van der Waals surface area (Å²) in [6.45, 7) is 6.43. The molecule has 1 unspecified atom stereocenters. The van der Waals surface area contributed by atoms with E-state index >= 15 is 0 Å². The number of H-pyrrole nitrogens is 1. The normalized spacial score (nSPS) is 12.9. The van der Waals surface area contributed by atoms with Crippen LogP contribution in [-0.2, 0) is 0 Å². The van der Waals surface area contributed by atoms with Crippen LogP contribution in [0.15, 0.2) is 17.1 Å². The second-order valence-electron chi connectivity index (χ2n) is 3.74. The molecular formula is C10H17N3O. The number of nitrogens with one attached hydrogen (secondary N) is 2. The maximum absolute atomic E-state index is 11.0. The topological polar surface area (TPSA) is 57.8 Å². The Morgan fingerprint density at radius 3 is 2.79 bits per heavy atom. The van der Waals surface area contributed by atoms with Crippen molar-refractivity contribution in [3.05, 3.63) is 22.6 Å². The third-order valence-electron chi connectivity index (χ3n) is 2.26. The third kappa shape index (κ3) is 2.87. The van der Waals surface area contributed by atoms with Crippen molar-refractivity contribution in [2.24, 2.45) is 5.92 Å². The van der Waals surface area contributed by atoms with Gasteiger partial charge in [-0.25, -0.2) is 5.10 Å². The average molecular weight is 195 g/mol. The van der Waals surface area contributed by atoms with Gasteiger partial charge in [0.2, 0.25) is 0 Å². The summed E-state index contributed by atoms with van der Waals surface area (Å²) in [6.07, 6.45) is 2.66. The first-order valence-electron chi connectivity index (χ1n) is 4.94. The highest BCUT2D eigenvalue weighted by atomic mass is 16.1. The van der Waals surface area contributed by atoms with Gasteiger partial charge in [0.25, 0.3) is 5.56 Å². The summed E-state index contributed by atoms with van der Waals surface area (Å²) in [5.41, 5.74) is 0.614. The highest BCUT2D eigenvalue weighted by Crippen LogP contribution is 2.12. The van der Waals surface area contributed by atoms with Crippen LogP contribution in [0.1, 0.15) is 27.2 Å². The lowest BCUT2D eigenvalue weighted by Gasteiger charge is -2.21. The average Bonchev–Trinajstić information content (AvgIpc) is 2.14. The smallest absolute Gasteiger partial charge is 0.266 e. The molecule has 0 spiro atoms. The summed E-state index contributed by atoms with van der Waals surface area (Å²) in [6, 6.07) is 1.91. The van der Waals surface area contributed by atoms with Gasteiger partial charge in [-0.2, -0.15) is 5.10 Å². The quantitative estimate of drug-likeness (QED) is 0.767. The van der Waals surface area contributed by atoms with Crippen molar-refractivity contribution < 1.29 is 0 Å². The molecule has 0 saturated heterocycles. The maximum atomic E-state index is 11.0. The highest BCUT2D eigenvalue weighted by molar-refractivity contribution is 5.39. The van der Waals surface area contributed by atoms with E-state index < -0.39 is 0 Å². The van der Waals surface area contributed by atoms with Gasteiger partial charge in [-0.1, -0.05) is 20.8 Å². The third-order valence-corrected chi connectivity index (χ3v) is 2.26. The SMILES string of the molecule is CCC(Nc1cn[nH]c(=O)c1)C(C)C. The van der Waals surface area contributed by atoms with Gasteiger partial charge in [-0.05, 0) is 12.3 Å². The molecule has 1 atom stereocenters. The van der Waals surface area contributed by atoms with E-state index in [9.17, 15) is 4.79 Å². The Bertz CT molecular complexity index is 332. The van der Waals surface area contributed by atoms with E-state index in [1.807, 2.05) is 0 Å². The zero-order valence-corrected chi connectivity index (χ0v) is 8.87. The van der Waals surface area contributed by atoms with Crippen molar-refractivity contribution in [2.45, 2.75) is 33.2 Å². The van der Waals surface area contributed by atoms with E-state index in [-0.39, 0.29) is 5.56 Å². The molecule has 0 fully saturated rings. The zero-order valence-electron chi connectivity index (χ0n) is 8.87. The molecule has 0 aliphatic rings. The minimum absolute atomic E-state index is 0.173. The molecule has 0 aromatic carbocycles. The summed E-state index contributed by atoms with van der Waals surface area (Å²) in [4.78, 5) is 11.0. The Morgan fingerprint density at radius 1 is 1.57 bits per heavy atom. The summed E-state index contributed by atoms with van der Waals surface area (Å²) in [7, 11) is 0. The Kier molecular flexibility index (Phi) is 3.68. The van der Waals surface area contributed by atoms with E-state index in [0.717, 1.165) is 12.1 Å². The lowest BCUT2D eigenvalue weighted by Crippen LogP contribution is -2.25. The molecule has 0 aliphatic heterocycles. The van der Waals surface area contributed by atoms with Crippen molar-refractivity contribution in [1.82, 2.24) is 10.2 Å². The molecule has 4 heteroatoms. The predicted octanol–water partition coefficient (Wildman–Crippen LogP) is 1.62. The Balaban J connectivity index is 2.72. The first kappa shape index (κ1) is 10.8. The van der Waals surface area contributed by atoms with Crippen molar-refractivity contribution in [3.8, 4) is 0 Å². The summed E-state index contributed by atoms with van der Waals surface area (Å²) >= 11 is 0. The van der Waals surface area contributed by atoms with Crippen LogP contribution in [-0.4, -0.2) is 16.2 Å². The molecule has 1 aromatic heterocycles. The van der Waals surface area contributed by atoms with Crippen molar-refractivity contribution in [1.29, 1.82) is 0 Å². The lowest BCUT2D eigenvalue weighted by molar-refractivity contribution is 0.511. The van der Waals surface area contributed by atoms with Crippen LogP contribution < -0.4 is 10.9 Å². The van der Waals surface area contributed by atoms with Crippen LogP contribution >= 0.6 is 0 Å². The van der Waals surface area contributed by atoms with Crippen LogP contribution in [0.25, 0.3) is 0 Å². The fourth-order valence-corrected chi connectivity index (χ4v) is 1.41. The molecule has 0 amide bonds. The van der Waals surface area contributed by atoms with Gasteiger partial charge in [0, 0.05) is 12.1 Å². The standard InChI is InChI=1S/C10H17N3O/c1-4-9(7(2)3)12-8-5-10(14)13-11-6-8/h5-7,9H,4H2,1-3H3,(H2,12,13,14). The summed E-state index contributed by atoms with van der Waals surface area (Å²) in [5.74, 6) is 0.541. The van der Waals surface area contributed by atoms with E-state index in [0.29, 0.717) is 12.0 Å². The van der Waals surface area contributed by atoms with Gasteiger partial charge in [0.05, 0.1) is 11.9 Å². The summed E-state index contributed by atoms with van der Waals surface area (Å²) in [5, 5.41) is 9.36. The maximum Gasteiger partial charge on any atom is 0.266 e. The molecule has 0 bridgehead atoms. The van der Waals surface area contributed by atoms with E-state index in [2.05, 4.69) is 36.3 Å². The first-order chi connectivity index (χ1) is 6.63. The van der Waals surface area contributed by atoms with Crippen LogP contribution in [0.5, 0.6) is 0 Å². The van der Waals surface area contributed by atoms with E-state index in [4.69, 9.17) is 0 Å². The van der Waals surface area contributed by atoms with Crippen LogP contribution in [0.2, 0.25) is 0 Å². The number of hydrogen-bond acceptors (Lipinski definition) is 3. The van der Waals surface area contributed by atoms with Crippen LogP contribution in [0, 0.1) is 5.92 Å². The van der Waals surface area contributed by atoms with Gasteiger partial charge in [-0.3, -0.25) is 4.79 Å². The molecule has 0 saturated carbocycles. The first-order valence-corrected chi connectivity index (χ1v) is 4.94. The minimum Gasteiger partial charge on any atom is -0.381 e. The van der Waals surface area contributed by atoms with Crippen molar-refractivity contribution in [3.63, 3.8) is 0 Å². The molecule has 1 heterocycles. The fraction of sp³-hybridized carbons (Fsp3) is 0.600. The molecule has 2 N–H and O–H groups in total. The lowest BCUT2D eigenvalue weighted by atomic mass is 10.0. The monoisotopic (exact) mass is 195 g/mol. The zero-order chi connectivity index (χ0) is 10.6. The van der Waals surface area contributed by atoms with Gasteiger partial charge < -0.3 is 5.32 Å². The van der Waals surface area contributed by atoms with Gasteiger partial charge in [0.15, 0.2) is 0 Å². The number of anilines is 1. The Hall–Kier alpha value is -1.32. The number of rotatable bonds is 4.